The molecule has 0 N–H and O–H groups in total. The second-order valence-electron chi connectivity index (χ2n) is 13.5. The lowest BCUT2D eigenvalue weighted by molar-refractivity contribution is 0.413. The maximum atomic E-state index is 13.5. The Morgan fingerprint density at radius 3 is 1.02 bits per heavy atom. The van der Waals surface area contributed by atoms with Gasteiger partial charge in [-0.2, -0.15) is 0 Å². The zero-order valence-electron chi connectivity index (χ0n) is 30.5. The third-order valence-electron chi connectivity index (χ3n) is 9.43. The van der Waals surface area contributed by atoms with E-state index in [1.807, 2.05) is 60.7 Å². The van der Waals surface area contributed by atoms with Crippen molar-refractivity contribution >= 4 is 9.84 Å². The van der Waals surface area contributed by atoms with Gasteiger partial charge in [-0.1, -0.05) is 80.1 Å². The van der Waals surface area contributed by atoms with Crippen LogP contribution in [0, 0.1) is 6.92 Å². The Morgan fingerprint density at radius 2 is 0.667 bits per heavy atom. The van der Waals surface area contributed by atoms with Crippen LogP contribution in [0.15, 0.2) is 180 Å². The first kappa shape index (κ1) is 36.1. The van der Waals surface area contributed by atoms with E-state index in [4.69, 9.17) is 18.9 Å². The van der Waals surface area contributed by atoms with Crippen LogP contribution in [0.5, 0.6) is 40.2 Å². The second-order valence-corrected chi connectivity index (χ2v) is 15.4. The summed E-state index contributed by atoms with van der Waals surface area (Å²) in [5, 5.41) is 0. The lowest BCUT2D eigenvalue weighted by Crippen LogP contribution is -2.18. The summed E-state index contributed by atoms with van der Waals surface area (Å²) < 4.78 is 50.1. The summed E-state index contributed by atoms with van der Waals surface area (Å²) >= 11 is 0. The Hall–Kier alpha value is -6.31. The van der Waals surface area contributed by atoms with Gasteiger partial charge in [-0.15, -0.1) is 0 Å². The molecule has 0 aliphatic heterocycles. The van der Waals surface area contributed by atoms with E-state index in [0.29, 0.717) is 34.5 Å². The van der Waals surface area contributed by atoms with Crippen molar-refractivity contribution in [1.82, 2.24) is 0 Å². The highest BCUT2D eigenvalue weighted by Gasteiger charge is 2.23. The highest BCUT2D eigenvalue weighted by molar-refractivity contribution is 7.91. The van der Waals surface area contributed by atoms with Crippen molar-refractivity contribution in [3.63, 3.8) is 0 Å². The fourth-order valence-corrected chi connectivity index (χ4v) is 7.33. The molecule has 0 saturated carbocycles. The molecule has 0 atom stereocenters. The molecule has 7 aromatic rings. The van der Waals surface area contributed by atoms with Gasteiger partial charge in [0, 0.05) is 5.41 Å². The van der Waals surface area contributed by atoms with E-state index in [2.05, 4.69) is 69.3 Å². The molecule has 270 valence electrons. The molecule has 0 heterocycles. The number of hydrogen-bond donors (Lipinski definition) is 0. The van der Waals surface area contributed by atoms with Crippen LogP contribution in [-0.2, 0) is 15.3 Å². The van der Waals surface area contributed by atoms with E-state index in [-0.39, 0.29) is 15.2 Å². The Labute approximate surface area is 317 Å². The van der Waals surface area contributed by atoms with Crippen molar-refractivity contribution in [2.45, 2.75) is 36.0 Å². The van der Waals surface area contributed by atoms with Gasteiger partial charge in [-0.25, -0.2) is 8.42 Å². The average Bonchev–Trinajstić information content (AvgIpc) is 3.20. The second kappa shape index (κ2) is 15.3. The number of benzene rings is 7. The normalized spacial score (nSPS) is 11.5. The van der Waals surface area contributed by atoms with Crippen LogP contribution in [0.1, 0.15) is 30.5 Å². The summed E-state index contributed by atoms with van der Waals surface area (Å²) in [6.45, 7) is 6.54. The molecule has 54 heavy (non-hydrogen) atoms. The molecule has 0 unspecified atom stereocenters. The summed E-state index contributed by atoms with van der Waals surface area (Å²) in [4.78, 5) is 0.418. The molecule has 0 fully saturated rings. The van der Waals surface area contributed by atoms with Gasteiger partial charge in [0.15, 0.2) is 0 Å². The van der Waals surface area contributed by atoms with Gasteiger partial charge in [0.05, 0.1) is 16.9 Å². The van der Waals surface area contributed by atoms with Gasteiger partial charge in [0.1, 0.15) is 40.2 Å². The number of ether oxygens (including phenoxy) is 4. The molecule has 0 aliphatic rings. The fourth-order valence-electron chi connectivity index (χ4n) is 6.07. The van der Waals surface area contributed by atoms with Crippen molar-refractivity contribution in [3.8, 4) is 51.4 Å². The minimum absolute atomic E-state index is 0.143. The van der Waals surface area contributed by atoms with Crippen LogP contribution >= 0.6 is 0 Å². The molecule has 0 aliphatic carbocycles. The first-order valence-corrected chi connectivity index (χ1v) is 19.1. The van der Waals surface area contributed by atoms with Gasteiger partial charge in [0.2, 0.25) is 9.84 Å². The van der Waals surface area contributed by atoms with Gasteiger partial charge in [-0.05, 0) is 138 Å². The predicted octanol–water partition coefficient (Wildman–Crippen LogP) is 12.2. The highest BCUT2D eigenvalue weighted by atomic mass is 32.2. The lowest BCUT2D eigenvalue weighted by Gasteiger charge is -2.26. The quantitative estimate of drug-likeness (QED) is 0.125. The van der Waals surface area contributed by atoms with Crippen LogP contribution in [0.2, 0.25) is 0 Å². The lowest BCUT2D eigenvalue weighted by atomic mass is 9.77. The Kier molecular flexibility index (Phi) is 10.3. The minimum atomic E-state index is -3.73. The van der Waals surface area contributed by atoms with Crippen LogP contribution < -0.4 is 18.9 Å². The summed E-state index contributed by atoms with van der Waals surface area (Å²) in [5.41, 5.74) is 5.53. The number of methoxy groups -OCH3 is 1. The predicted molar refractivity (Wildman–Crippen MR) is 213 cm³/mol. The fraction of sp³-hybridized carbons (Fsp3) is 0.106. The van der Waals surface area contributed by atoms with Crippen molar-refractivity contribution in [1.29, 1.82) is 0 Å². The van der Waals surface area contributed by atoms with Crippen LogP contribution in [0.4, 0.5) is 0 Å². The molecule has 0 radical (unpaired) electrons. The maximum Gasteiger partial charge on any atom is 0.206 e. The van der Waals surface area contributed by atoms with Crippen molar-refractivity contribution < 1.29 is 27.4 Å². The molecular weight excluding hydrogens is 693 g/mol. The van der Waals surface area contributed by atoms with E-state index in [1.54, 1.807) is 67.8 Å². The Bertz CT molecular complexity index is 2420. The van der Waals surface area contributed by atoms with Gasteiger partial charge in [-0.3, -0.25) is 0 Å². The molecule has 0 amide bonds. The van der Waals surface area contributed by atoms with Gasteiger partial charge < -0.3 is 18.9 Å². The summed E-state index contributed by atoms with van der Waals surface area (Å²) in [7, 11) is -2.10. The SMILES string of the molecule is COc1ccc(Oc2ccc(Oc3ccc(Oc4ccc(S(=O)(=O)c5ccc(-c6ccc(C(C)(C)c7ccc(C)cc7)cc6)cc5)cc4)cc3)cc2)cc1. The van der Waals surface area contributed by atoms with Crippen LogP contribution in [-0.4, -0.2) is 15.5 Å². The van der Waals surface area contributed by atoms with E-state index in [0.717, 1.165) is 16.9 Å². The molecule has 0 saturated heterocycles. The van der Waals surface area contributed by atoms with E-state index in [9.17, 15) is 8.42 Å². The summed E-state index contributed by atoms with van der Waals surface area (Å²) in [6, 6.07) is 52.5. The molecule has 0 aromatic heterocycles. The number of sulfone groups is 1. The number of hydrogen-bond acceptors (Lipinski definition) is 6. The zero-order chi connectivity index (χ0) is 37.7. The van der Waals surface area contributed by atoms with Crippen molar-refractivity contribution in [2.75, 3.05) is 7.11 Å². The van der Waals surface area contributed by atoms with Crippen LogP contribution in [0.25, 0.3) is 11.1 Å². The van der Waals surface area contributed by atoms with Crippen molar-refractivity contribution in [3.05, 3.63) is 187 Å². The minimum Gasteiger partial charge on any atom is -0.497 e. The number of rotatable bonds is 12. The molecule has 7 rings (SSSR count). The first-order chi connectivity index (χ1) is 26.1. The largest absolute Gasteiger partial charge is 0.497 e. The topological polar surface area (TPSA) is 71.1 Å². The monoisotopic (exact) mass is 732 g/mol. The Balaban J connectivity index is 0.944. The van der Waals surface area contributed by atoms with Crippen LogP contribution in [0.3, 0.4) is 0 Å². The molecule has 0 spiro atoms. The van der Waals surface area contributed by atoms with Gasteiger partial charge in [0.25, 0.3) is 0 Å². The molecule has 0 bridgehead atoms. The smallest absolute Gasteiger partial charge is 0.206 e. The Morgan fingerprint density at radius 1 is 0.389 bits per heavy atom. The third-order valence-corrected chi connectivity index (χ3v) is 11.2. The highest BCUT2D eigenvalue weighted by Crippen LogP contribution is 2.34. The van der Waals surface area contributed by atoms with E-state index in [1.165, 1.54) is 16.7 Å². The third kappa shape index (κ3) is 8.17. The first-order valence-electron chi connectivity index (χ1n) is 17.6. The van der Waals surface area contributed by atoms with Crippen molar-refractivity contribution in [2.24, 2.45) is 0 Å². The molecule has 6 nitrogen and oxygen atoms in total. The molecule has 7 heteroatoms. The van der Waals surface area contributed by atoms with E-state index >= 15 is 0 Å². The summed E-state index contributed by atoms with van der Waals surface area (Å²) in [5.74, 6) is 4.55. The van der Waals surface area contributed by atoms with Gasteiger partial charge >= 0.3 is 0 Å². The molecular formula is C47H40O6S. The average molecular weight is 733 g/mol. The molecule has 7 aromatic carbocycles. The maximum absolute atomic E-state index is 13.5. The number of aryl methyl sites for hydroxylation is 1. The zero-order valence-corrected chi connectivity index (χ0v) is 31.3. The van der Waals surface area contributed by atoms with E-state index < -0.39 is 9.84 Å². The summed E-state index contributed by atoms with van der Waals surface area (Å²) in [6.07, 6.45) is 0. The standard InChI is InChI=1S/C47H40O6S/c1-33-5-11-36(12-6-33)47(2,3)37-13-7-34(8-14-37)35-9-29-45(30-10-35)54(48,49)46-31-27-44(28-32-46)53-43-25-23-42(24-26-43)52-41-21-19-40(20-22-41)51-39-17-15-38(50-4)16-18-39/h5-32H,1-4H3.